The van der Waals surface area contributed by atoms with E-state index in [0.717, 1.165) is 31.3 Å². The summed E-state index contributed by atoms with van der Waals surface area (Å²) in [4.78, 5) is 15.7. The molecule has 0 spiro atoms. The number of hydrogen-bond donors (Lipinski definition) is 3. The summed E-state index contributed by atoms with van der Waals surface area (Å²) in [7, 11) is 0. The predicted molar refractivity (Wildman–Crippen MR) is 89.8 cm³/mol. The average molecular weight is 299 g/mol. The minimum Gasteiger partial charge on any atom is -0.361 e. The van der Waals surface area contributed by atoms with E-state index in [1.165, 1.54) is 10.9 Å². The van der Waals surface area contributed by atoms with Crippen LogP contribution in [0.2, 0.25) is 0 Å². The number of H-pyrrole nitrogens is 1. The Kier molecular flexibility index (Phi) is 4.21. The Balaban J connectivity index is 1.57. The standard InChI is InChI=1S/C18H25N3O/c1-18(2)9-5-10-19-16(18)17(22)20-11-8-13-12-21-15-7-4-3-6-14(13)15/h3-4,6-7,12,16,19,21H,5,8-11H2,1-2H3,(H,20,22). The summed E-state index contributed by atoms with van der Waals surface area (Å²) in [6.07, 6.45) is 5.13. The van der Waals surface area contributed by atoms with Gasteiger partial charge in [-0.25, -0.2) is 0 Å². The first-order valence-electron chi connectivity index (χ1n) is 8.14. The molecule has 3 N–H and O–H groups in total. The molecule has 2 aromatic rings. The summed E-state index contributed by atoms with van der Waals surface area (Å²) in [6.45, 7) is 5.95. The molecule has 1 saturated heterocycles. The highest BCUT2D eigenvalue weighted by Crippen LogP contribution is 2.30. The summed E-state index contributed by atoms with van der Waals surface area (Å²) < 4.78 is 0. The third-order valence-electron chi connectivity index (χ3n) is 4.76. The van der Waals surface area contributed by atoms with Crippen molar-refractivity contribution < 1.29 is 4.79 Å². The van der Waals surface area contributed by atoms with E-state index in [9.17, 15) is 4.79 Å². The minimum atomic E-state index is -0.0794. The fourth-order valence-electron chi connectivity index (χ4n) is 3.42. The molecule has 2 heterocycles. The maximum Gasteiger partial charge on any atom is 0.237 e. The van der Waals surface area contributed by atoms with Crippen LogP contribution in [0.3, 0.4) is 0 Å². The summed E-state index contributed by atoms with van der Waals surface area (Å²) in [5.74, 6) is 0.129. The molecule has 1 aromatic heterocycles. The number of fused-ring (bicyclic) bond motifs is 1. The number of amides is 1. The Morgan fingerprint density at radius 2 is 2.18 bits per heavy atom. The van der Waals surface area contributed by atoms with Gasteiger partial charge in [0.2, 0.25) is 5.91 Å². The van der Waals surface area contributed by atoms with E-state index >= 15 is 0 Å². The molecular weight excluding hydrogens is 274 g/mol. The number of rotatable bonds is 4. The number of benzene rings is 1. The lowest BCUT2D eigenvalue weighted by Crippen LogP contribution is -2.55. The van der Waals surface area contributed by atoms with Gasteiger partial charge in [-0.1, -0.05) is 32.0 Å². The molecule has 4 nitrogen and oxygen atoms in total. The second-order valence-electron chi connectivity index (χ2n) is 6.88. The highest BCUT2D eigenvalue weighted by molar-refractivity contribution is 5.84. The smallest absolute Gasteiger partial charge is 0.237 e. The van der Waals surface area contributed by atoms with Gasteiger partial charge < -0.3 is 15.6 Å². The first kappa shape index (κ1) is 15.1. The molecule has 1 fully saturated rings. The molecule has 4 heteroatoms. The first-order chi connectivity index (χ1) is 10.6. The van der Waals surface area contributed by atoms with Crippen LogP contribution in [0.25, 0.3) is 10.9 Å². The Hall–Kier alpha value is -1.81. The maximum atomic E-state index is 12.4. The summed E-state index contributed by atoms with van der Waals surface area (Å²) in [5.41, 5.74) is 2.44. The number of carbonyl (C=O) groups is 1. The molecule has 3 rings (SSSR count). The normalized spacial score (nSPS) is 20.9. The Morgan fingerprint density at radius 1 is 1.36 bits per heavy atom. The van der Waals surface area contributed by atoms with Gasteiger partial charge in [-0.2, -0.15) is 0 Å². The lowest BCUT2D eigenvalue weighted by Gasteiger charge is -2.38. The van der Waals surface area contributed by atoms with Gasteiger partial charge in [0, 0.05) is 23.6 Å². The number of carbonyl (C=O) groups excluding carboxylic acids is 1. The van der Waals surface area contributed by atoms with Crippen LogP contribution in [0.5, 0.6) is 0 Å². The molecule has 1 aromatic carbocycles. The Morgan fingerprint density at radius 3 is 3.00 bits per heavy atom. The molecule has 0 bridgehead atoms. The Labute approximate surface area is 131 Å². The van der Waals surface area contributed by atoms with Crippen molar-refractivity contribution >= 4 is 16.8 Å². The van der Waals surface area contributed by atoms with Crippen molar-refractivity contribution in [2.75, 3.05) is 13.1 Å². The number of para-hydroxylation sites is 1. The van der Waals surface area contributed by atoms with Crippen LogP contribution in [0, 0.1) is 5.41 Å². The van der Waals surface area contributed by atoms with Gasteiger partial charge in [0.25, 0.3) is 0 Å². The fourth-order valence-corrected chi connectivity index (χ4v) is 3.42. The average Bonchev–Trinajstić information content (AvgIpc) is 2.90. The largest absolute Gasteiger partial charge is 0.361 e. The Bertz CT molecular complexity index is 659. The van der Waals surface area contributed by atoms with E-state index in [-0.39, 0.29) is 17.4 Å². The molecule has 1 amide bonds. The van der Waals surface area contributed by atoms with E-state index < -0.39 is 0 Å². The minimum absolute atomic E-state index is 0.0309. The van der Waals surface area contributed by atoms with Gasteiger partial charge in [0.1, 0.15) is 0 Å². The van der Waals surface area contributed by atoms with Crippen LogP contribution >= 0.6 is 0 Å². The summed E-state index contributed by atoms with van der Waals surface area (Å²) in [5, 5.41) is 7.70. The van der Waals surface area contributed by atoms with Gasteiger partial charge in [-0.3, -0.25) is 4.79 Å². The quantitative estimate of drug-likeness (QED) is 0.813. The predicted octanol–water partition coefficient (Wildman–Crippen LogP) is 2.60. The third kappa shape index (κ3) is 3.02. The lowest BCUT2D eigenvalue weighted by molar-refractivity contribution is -0.126. The first-order valence-corrected chi connectivity index (χ1v) is 8.14. The van der Waals surface area contributed by atoms with Crippen LogP contribution < -0.4 is 10.6 Å². The van der Waals surface area contributed by atoms with Crippen molar-refractivity contribution in [3.63, 3.8) is 0 Å². The van der Waals surface area contributed by atoms with E-state index in [2.05, 4.69) is 41.6 Å². The third-order valence-corrected chi connectivity index (χ3v) is 4.76. The molecule has 1 unspecified atom stereocenters. The highest BCUT2D eigenvalue weighted by atomic mass is 16.2. The molecule has 118 valence electrons. The monoisotopic (exact) mass is 299 g/mol. The molecule has 1 aliphatic heterocycles. The molecule has 0 radical (unpaired) electrons. The van der Waals surface area contributed by atoms with Crippen molar-refractivity contribution in [3.05, 3.63) is 36.0 Å². The van der Waals surface area contributed by atoms with Gasteiger partial charge >= 0.3 is 0 Å². The number of piperidine rings is 1. The van der Waals surface area contributed by atoms with Crippen LogP contribution in [0.15, 0.2) is 30.5 Å². The maximum absolute atomic E-state index is 12.4. The number of aromatic nitrogens is 1. The van der Waals surface area contributed by atoms with E-state index in [4.69, 9.17) is 0 Å². The molecule has 1 atom stereocenters. The van der Waals surface area contributed by atoms with Gasteiger partial charge in [0.15, 0.2) is 0 Å². The zero-order valence-electron chi connectivity index (χ0n) is 13.4. The number of aromatic amines is 1. The second kappa shape index (κ2) is 6.13. The summed E-state index contributed by atoms with van der Waals surface area (Å²) >= 11 is 0. The SMILES string of the molecule is CC1(C)CCCNC1C(=O)NCCc1c[nH]c2ccccc12. The summed E-state index contributed by atoms with van der Waals surface area (Å²) in [6, 6.07) is 8.19. The van der Waals surface area contributed by atoms with Crippen LogP contribution in [-0.2, 0) is 11.2 Å². The zero-order chi connectivity index (χ0) is 15.6. The van der Waals surface area contributed by atoms with Gasteiger partial charge in [0.05, 0.1) is 6.04 Å². The van der Waals surface area contributed by atoms with E-state index in [1.807, 2.05) is 18.3 Å². The van der Waals surface area contributed by atoms with Gasteiger partial charge in [-0.05, 0) is 42.9 Å². The zero-order valence-corrected chi connectivity index (χ0v) is 13.4. The van der Waals surface area contributed by atoms with Crippen LogP contribution in [0.1, 0.15) is 32.3 Å². The number of hydrogen-bond acceptors (Lipinski definition) is 2. The molecule has 22 heavy (non-hydrogen) atoms. The van der Waals surface area contributed by atoms with Gasteiger partial charge in [-0.15, -0.1) is 0 Å². The van der Waals surface area contributed by atoms with Crippen molar-refractivity contribution in [3.8, 4) is 0 Å². The molecule has 0 aliphatic carbocycles. The van der Waals surface area contributed by atoms with Crippen LogP contribution in [-0.4, -0.2) is 30.0 Å². The highest BCUT2D eigenvalue weighted by Gasteiger charge is 2.36. The molecular formula is C18H25N3O. The number of nitrogens with one attached hydrogen (secondary N) is 3. The molecule has 1 aliphatic rings. The van der Waals surface area contributed by atoms with E-state index in [0.29, 0.717) is 6.54 Å². The van der Waals surface area contributed by atoms with E-state index in [1.54, 1.807) is 0 Å². The molecule has 0 saturated carbocycles. The van der Waals surface area contributed by atoms with Crippen molar-refractivity contribution in [2.24, 2.45) is 5.41 Å². The van der Waals surface area contributed by atoms with Crippen molar-refractivity contribution in [2.45, 2.75) is 39.2 Å². The fraction of sp³-hybridized carbons (Fsp3) is 0.500. The van der Waals surface area contributed by atoms with Crippen LogP contribution in [0.4, 0.5) is 0 Å². The topological polar surface area (TPSA) is 56.9 Å². The lowest BCUT2D eigenvalue weighted by atomic mass is 9.77. The van der Waals surface area contributed by atoms with Crippen molar-refractivity contribution in [1.82, 2.24) is 15.6 Å². The van der Waals surface area contributed by atoms with Crippen molar-refractivity contribution in [1.29, 1.82) is 0 Å². The second-order valence-corrected chi connectivity index (χ2v) is 6.88.